The van der Waals surface area contributed by atoms with Crippen molar-refractivity contribution in [2.24, 2.45) is 5.92 Å². The molecule has 36 heavy (non-hydrogen) atoms. The van der Waals surface area contributed by atoms with Crippen LogP contribution in [0.5, 0.6) is 0 Å². The van der Waals surface area contributed by atoms with E-state index in [-0.39, 0.29) is 24.0 Å². The first-order valence-electron chi connectivity index (χ1n) is 12.8. The molecule has 11 nitrogen and oxygen atoms in total. The van der Waals surface area contributed by atoms with Crippen LogP contribution in [-0.2, 0) is 31.5 Å². The topological polar surface area (TPSA) is 108 Å². The number of hydrogen-bond donors (Lipinski definition) is 0. The summed E-state index contributed by atoms with van der Waals surface area (Å²) >= 11 is 0. The van der Waals surface area contributed by atoms with E-state index < -0.39 is 10.8 Å². The Balaban J connectivity index is 1.19. The second-order valence-electron chi connectivity index (χ2n) is 10.3. The van der Waals surface area contributed by atoms with Crippen molar-refractivity contribution in [3.63, 3.8) is 0 Å². The first-order chi connectivity index (χ1) is 17.3. The van der Waals surface area contributed by atoms with Gasteiger partial charge in [0, 0.05) is 65.7 Å². The fourth-order valence-corrected chi connectivity index (χ4v) is 6.70. The van der Waals surface area contributed by atoms with Crippen molar-refractivity contribution >= 4 is 34.6 Å². The van der Waals surface area contributed by atoms with Crippen LogP contribution in [0.4, 0.5) is 16.6 Å². The molecule has 1 atom stereocenters. The van der Waals surface area contributed by atoms with E-state index in [4.69, 9.17) is 19.4 Å². The number of amides is 2. The molecule has 5 heterocycles. The quantitative estimate of drug-likeness (QED) is 0.523. The highest BCUT2D eigenvalue weighted by Gasteiger charge is 2.38. The van der Waals surface area contributed by atoms with Gasteiger partial charge in [-0.1, -0.05) is 0 Å². The molecule has 1 aromatic heterocycles. The molecule has 1 aromatic rings. The van der Waals surface area contributed by atoms with E-state index in [2.05, 4.69) is 4.90 Å². The molecule has 4 aliphatic heterocycles. The van der Waals surface area contributed by atoms with Gasteiger partial charge in [0.15, 0.2) is 5.82 Å². The second-order valence-corrected chi connectivity index (χ2v) is 11.8. The summed E-state index contributed by atoms with van der Waals surface area (Å²) in [4.78, 5) is 42.7. The maximum Gasteiger partial charge on any atom is 0.319 e. The summed E-state index contributed by atoms with van der Waals surface area (Å²) in [7, 11) is 4.42. The maximum atomic E-state index is 12.7. The van der Waals surface area contributed by atoms with Crippen LogP contribution < -0.4 is 9.80 Å². The smallest absolute Gasteiger partial charge is 0.319 e. The Labute approximate surface area is 214 Å². The van der Waals surface area contributed by atoms with Crippen molar-refractivity contribution in [1.82, 2.24) is 19.8 Å². The summed E-state index contributed by atoms with van der Waals surface area (Å²) < 4.78 is 24.0. The zero-order valence-corrected chi connectivity index (χ0v) is 22.2. The van der Waals surface area contributed by atoms with Gasteiger partial charge in [-0.05, 0) is 25.7 Å². The van der Waals surface area contributed by atoms with Gasteiger partial charge < -0.3 is 29.1 Å². The molecular formula is C24H36N6O5S. The number of carbonyl (C=O) groups is 2. The van der Waals surface area contributed by atoms with Crippen LogP contribution in [0.25, 0.3) is 0 Å². The van der Waals surface area contributed by atoms with Gasteiger partial charge >= 0.3 is 12.0 Å². The van der Waals surface area contributed by atoms with Gasteiger partial charge in [-0.3, -0.25) is 9.00 Å². The van der Waals surface area contributed by atoms with E-state index >= 15 is 0 Å². The van der Waals surface area contributed by atoms with Gasteiger partial charge in [0.25, 0.3) is 0 Å². The van der Waals surface area contributed by atoms with Crippen LogP contribution in [0.15, 0.2) is 4.90 Å². The highest BCUT2D eigenvalue weighted by molar-refractivity contribution is 7.85. The van der Waals surface area contributed by atoms with Gasteiger partial charge in [0.05, 0.1) is 35.5 Å². The lowest BCUT2D eigenvalue weighted by atomic mass is 9.97. The number of esters is 1. The number of rotatable bonds is 5. The number of urea groups is 1. The van der Waals surface area contributed by atoms with Gasteiger partial charge in [0.2, 0.25) is 5.95 Å². The number of fused-ring (bicyclic) bond motifs is 1. The first-order valence-corrected chi connectivity index (χ1v) is 14.1. The minimum absolute atomic E-state index is 0.0172. The molecule has 0 radical (unpaired) electrons. The van der Waals surface area contributed by atoms with Gasteiger partial charge in [-0.25, -0.2) is 9.78 Å². The Morgan fingerprint density at radius 2 is 1.75 bits per heavy atom. The average molecular weight is 521 g/mol. The van der Waals surface area contributed by atoms with Crippen LogP contribution >= 0.6 is 0 Å². The maximum absolute atomic E-state index is 12.7. The second kappa shape index (κ2) is 10.5. The normalized spacial score (nSPS) is 23.2. The number of aryl methyl sites for hydroxylation is 1. The number of piperidine rings is 1. The Kier molecular flexibility index (Phi) is 7.34. The number of hydrogen-bond acceptors (Lipinski definition) is 9. The molecule has 2 amide bonds. The lowest BCUT2D eigenvalue weighted by Gasteiger charge is -2.40. The minimum Gasteiger partial charge on any atom is -0.458 e. The highest BCUT2D eigenvalue weighted by atomic mass is 32.2. The van der Waals surface area contributed by atoms with Crippen LogP contribution in [0.1, 0.15) is 31.4 Å². The number of likely N-dealkylation sites (tertiary alicyclic amines) is 1. The standard InChI is InChI=1S/C24H36N6O5S/c1-27(2)24(32)29-9-4-16(5-10-29)22(31)35-18-14-30(15-18)23-25-19-8-13-36(33)20(19)21(26-23)28(3)17-6-11-34-12-7-17/h16-18H,4-15H2,1-3H3. The number of carbonyl (C=O) groups excluding carboxylic acids is 2. The molecule has 5 rings (SSSR count). The SMILES string of the molecule is CN(C)C(=O)N1CCC(C(=O)OC2CN(c3nc4c(c(N(C)C5CCOCC5)n3)S(=O)CC4)C2)CC1. The molecule has 0 aromatic carbocycles. The van der Waals surface area contributed by atoms with Crippen molar-refractivity contribution < 1.29 is 23.3 Å². The summed E-state index contributed by atoms with van der Waals surface area (Å²) in [5, 5.41) is 0. The molecule has 1 unspecified atom stereocenters. The lowest BCUT2D eigenvalue weighted by molar-refractivity contribution is -0.156. The monoisotopic (exact) mass is 520 g/mol. The van der Waals surface area contributed by atoms with E-state index in [0.29, 0.717) is 63.2 Å². The van der Waals surface area contributed by atoms with E-state index in [0.717, 1.165) is 42.5 Å². The predicted molar refractivity (Wildman–Crippen MR) is 135 cm³/mol. The van der Waals surface area contributed by atoms with Crippen molar-refractivity contribution in [3.05, 3.63) is 5.69 Å². The number of aromatic nitrogens is 2. The average Bonchev–Trinajstić information content (AvgIpc) is 3.25. The highest BCUT2D eigenvalue weighted by Crippen LogP contribution is 2.35. The largest absolute Gasteiger partial charge is 0.458 e. The molecule has 0 bridgehead atoms. The Hall–Kier alpha value is -2.47. The molecule has 3 saturated heterocycles. The zero-order valence-electron chi connectivity index (χ0n) is 21.4. The fraction of sp³-hybridized carbons (Fsp3) is 0.750. The molecule has 3 fully saturated rings. The summed E-state index contributed by atoms with van der Waals surface area (Å²) in [5.41, 5.74) is 0.867. The Morgan fingerprint density at radius 1 is 1.06 bits per heavy atom. The third kappa shape index (κ3) is 5.02. The number of ether oxygens (including phenoxy) is 2. The predicted octanol–water partition coefficient (Wildman–Crippen LogP) is 0.881. The van der Waals surface area contributed by atoms with E-state index in [1.54, 1.807) is 23.9 Å². The van der Waals surface area contributed by atoms with Gasteiger partial charge in [0.1, 0.15) is 11.0 Å². The summed E-state index contributed by atoms with van der Waals surface area (Å²) in [6.07, 6.45) is 3.58. The minimum atomic E-state index is -1.08. The molecule has 198 valence electrons. The fourth-order valence-electron chi connectivity index (χ4n) is 5.32. The first kappa shape index (κ1) is 25.2. The van der Waals surface area contributed by atoms with Crippen LogP contribution in [0.3, 0.4) is 0 Å². The van der Waals surface area contributed by atoms with E-state index in [1.165, 1.54) is 0 Å². The summed E-state index contributed by atoms with van der Waals surface area (Å²) in [6.45, 7) is 3.69. The molecule has 4 aliphatic rings. The van der Waals surface area contributed by atoms with Crippen molar-refractivity contribution in [3.8, 4) is 0 Å². The van der Waals surface area contributed by atoms with Gasteiger partial charge in [-0.2, -0.15) is 4.98 Å². The van der Waals surface area contributed by atoms with Crippen molar-refractivity contribution in [2.45, 2.75) is 49.1 Å². The van der Waals surface area contributed by atoms with Gasteiger partial charge in [-0.15, -0.1) is 0 Å². The third-order valence-corrected chi connectivity index (χ3v) is 9.07. The number of nitrogens with zero attached hydrogens (tertiary/aromatic N) is 6. The van der Waals surface area contributed by atoms with Crippen molar-refractivity contribution in [1.29, 1.82) is 0 Å². The summed E-state index contributed by atoms with van der Waals surface area (Å²) in [6, 6.07) is 0.282. The van der Waals surface area contributed by atoms with Crippen LogP contribution in [-0.4, -0.2) is 114 Å². The molecule has 0 spiro atoms. The Morgan fingerprint density at radius 3 is 2.42 bits per heavy atom. The van der Waals surface area contributed by atoms with Crippen LogP contribution in [0, 0.1) is 5.92 Å². The molecular weight excluding hydrogens is 484 g/mol. The molecule has 0 N–H and O–H groups in total. The van der Waals surface area contributed by atoms with Crippen molar-refractivity contribution in [2.75, 3.05) is 76.1 Å². The zero-order chi connectivity index (χ0) is 25.4. The van der Waals surface area contributed by atoms with E-state index in [1.807, 2.05) is 11.9 Å². The summed E-state index contributed by atoms with van der Waals surface area (Å²) in [5.74, 6) is 1.61. The third-order valence-electron chi connectivity index (χ3n) is 7.63. The molecule has 12 heteroatoms. The van der Waals surface area contributed by atoms with E-state index in [9.17, 15) is 13.8 Å². The lowest BCUT2D eigenvalue weighted by Crippen LogP contribution is -2.54. The number of anilines is 2. The Bertz CT molecular complexity index is 1020. The molecule has 0 saturated carbocycles. The van der Waals surface area contributed by atoms with Crippen LogP contribution in [0.2, 0.25) is 0 Å². The molecule has 0 aliphatic carbocycles.